The second-order valence-corrected chi connectivity index (χ2v) is 6.90. The molecule has 3 heterocycles. The fourth-order valence-corrected chi connectivity index (χ4v) is 3.37. The minimum absolute atomic E-state index is 0.186. The van der Waals surface area contributed by atoms with E-state index in [0.717, 1.165) is 38.2 Å². The van der Waals surface area contributed by atoms with Gasteiger partial charge in [0.15, 0.2) is 0 Å². The molecule has 26 heavy (non-hydrogen) atoms. The maximum Gasteiger partial charge on any atom is 0.251 e. The van der Waals surface area contributed by atoms with Crippen LogP contribution < -0.4 is 0 Å². The first kappa shape index (κ1) is 18.6. The van der Waals surface area contributed by atoms with Crippen LogP contribution >= 0.6 is 0 Å². The molecule has 0 spiro atoms. The first-order valence-corrected chi connectivity index (χ1v) is 9.23. The summed E-state index contributed by atoms with van der Waals surface area (Å²) in [5, 5.41) is 18.7. The molecule has 1 aliphatic heterocycles. The van der Waals surface area contributed by atoms with Gasteiger partial charge in [-0.1, -0.05) is 0 Å². The van der Waals surface area contributed by atoms with Crippen molar-refractivity contribution < 1.29 is 9.90 Å². The van der Waals surface area contributed by atoms with Gasteiger partial charge in [-0.25, -0.2) is 0 Å². The first-order chi connectivity index (χ1) is 12.5. The van der Waals surface area contributed by atoms with Crippen molar-refractivity contribution in [2.45, 2.75) is 39.0 Å². The Morgan fingerprint density at radius 3 is 2.65 bits per heavy atom. The molecule has 8 heteroatoms. The van der Waals surface area contributed by atoms with Crippen LogP contribution in [-0.2, 0) is 31.4 Å². The van der Waals surface area contributed by atoms with Crippen molar-refractivity contribution in [1.29, 1.82) is 0 Å². The van der Waals surface area contributed by atoms with E-state index in [1.165, 1.54) is 5.56 Å². The van der Waals surface area contributed by atoms with Crippen LogP contribution in [0.25, 0.3) is 0 Å². The predicted octanol–water partition coefficient (Wildman–Crippen LogP) is 0.274. The zero-order chi connectivity index (χ0) is 18.5. The number of carbonyl (C=O) groups excluding carboxylic acids is 1. The van der Waals surface area contributed by atoms with Gasteiger partial charge in [-0.3, -0.25) is 19.1 Å². The van der Waals surface area contributed by atoms with Crippen LogP contribution in [0.4, 0.5) is 0 Å². The second kappa shape index (κ2) is 8.46. The molecule has 2 aromatic rings. The lowest BCUT2D eigenvalue weighted by atomic mass is 10.1. The van der Waals surface area contributed by atoms with E-state index in [1.807, 2.05) is 24.1 Å². The fourth-order valence-electron chi connectivity index (χ4n) is 3.37. The molecule has 0 aromatic carbocycles. The summed E-state index contributed by atoms with van der Waals surface area (Å²) in [6.07, 6.45) is 7.72. The zero-order valence-corrected chi connectivity index (χ0v) is 15.6. The summed E-state index contributed by atoms with van der Waals surface area (Å²) in [5.74, 6) is -0.186. The molecule has 2 aromatic heterocycles. The van der Waals surface area contributed by atoms with E-state index in [4.69, 9.17) is 0 Å². The van der Waals surface area contributed by atoms with Gasteiger partial charge in [-0.15, -0.1) is 0 Å². The SMILES string of the molecule is CCn1cc(CN2CCCN(C(=O)C(O)Cc3cnn(C)c3)CC2)cn1. The summed E-state index contributed by atoms with van der Waals surface area (Å²) in [4.78, 5) is 16.7. The van der Waals surface area contributed by atoms with Crippen LogP contribution in [0.5, 0.6) is 0 Å². The molecule has 1 unspecified atom stereocenters. The predicted molar refractivity (Wildman–Crippen MR) is 97.3 cm³/mol. The molecule has 1 atom stereocenters. The van der Waals surface area contributed by atoms with Crippen LogP contribution in [0.15, 0.2) is 24.8 Å². The van der Waals surface area contributed by atoms with Gasteiger partial charge in [-0.05, 0) is 18.9 Å². The summed E-state index contributed by atoms with van der Waals surface area (Å²) in [7, 11) is 1.82. The van der Waals surface area contributed by atoms with Gasteiger partial charge in [0.1, 0.15) is 6.10 Å². The third kappa shape index (κ3) is 4.70. The second-order valence-electron chi connectivity index (χ2n) is 6.90. The number of nitrogens with zero attached hydrogens (tertiary/aromatic N) is 6. The summed E-state index contributed by atoms with van der Waals surface area (Å²) in [6, 6.07) is 0. The van der Waals surface area contributed by atoms with Crippen LogP contribution in [0.2, 0.25) is 0 Å². The number of hydrogen-bond acceptors (Lipinski definition) is 5. The highest BCUT2D eigenvalue weighted by Gasteiger charge is 2.25. The van der Waals surface area contributed by atoms with Crippen molar-refractivity contribution in [3.8, 4) is 0 Å². The number of hydrogen-bond donors (Lipinski definition) is 1. The van der Waals surface area contributed by atoms with E-state index >= 15 is 0 Å². The number of aryl methyl sites for hydroxylation is 2. The summed E-state index contributed by atoms with van der Waals surface area (Å²) >= 11 is 0. The van der Waals surface area contributed by atoms with E-state index in [0.29, 0.717) is 19.5 Å². The highest BCUT2D eigenvalue weighted by molar-refractivity contribution is 5.81. The molecule has 1 aliphatic rings. The smallest absolute Gasteiger partial charge is 0.251 e. The number of aromatic nitrogens is 4. The minimum atomic E-state index is -1.01. The van der Waals surface area contributed by atoms with E-state index in [-0.39, 0.29) is 5.91 Å². The Morgan fingerprint density at radius 1 is 1.15 bits per heavy atom. The van der Waals surface area contributed by atoms with Crippen LogP contribution in [0.1, 0.15) is 24.5 Å². The van der Waals surface area contributed by atoms with Gasteiger partial charge < -0.3 is 10.0 Å². The molecule has 1 N–H and O–H groups in total. The number of rotatable bonds is 6. The molecule has 142 valence electrons. The monoisotopic (exact) mass is 360 g/mol. The minimum Gasteiger partial charge on any atom is -0.383 e. The first-order valence-electron chi connectivity index (χ1n) is 9.23. The van der Waals surface area contributed by atoms with Crippen molar-refractivity contribution >= 4 is 5.91 Å². The summed E-state index contributed by atoms with van der Waals surface area (Å²) < 4.78 is 3.61. The van der Waals surface area contributed by atoms with E-state index in [9.17, 15) is 9.90 Å². The molecule has 0 radical (unpaired) electrons. The molecule has 8 nitrogen and oxygen atoms in total. The van der Waals surface area contributed by atoms with E-state index < -0.39 is 6.10 Å². The Labute approximate surface area is 154 Å². The Hall–Kier alpha value is -2.19. The number of aliphatic hydroxyl groups is 1. The lowest BCUT2D eigenvalue weighted by Gasteiger charge is -2.24. The number of aliphatic hydroxyl groups excluding tert-OH is 1. The molecular weight excluding hydrogens is 332 g/mol. The van der Waals surface area contributed by atoms with Crippen LogP contribution in [0.3, 0.4) is 0 Å². The van der Waals surface area contributed by atoms with Crippen molar-refractivity contribution in [2.75, 3.05) is 26.2 Å². The maximum atomic E-state index is 12.6. The van der Waals surface area contributed by atoms with Crippen molar-refractivity contribution in [3.63, 3.8) is 0 Å². The van der Waals surface area contributed by atoms with Crippen LogP contribution in [-0.4, -0.2) is 72.7 Å². The van der Waals surface area contributed by atoms with Crippen molar-refractivity contribution in [2.24, 2.45) is 7.05 Å². The highest BCUT2D eigenvalue weighted by atomic mass is 16.3. The van der Waals surface area contributed by atoms with Gasteiger partial charge >= 0.3 is 0 Å². The Balaban J connectivity index is 1.51. The largest absolute Gasteiger partial charge is 0.383 e. The molecule has 1 saturated heterocycles. The average Bonchev–Trinajstić information content (AvgIpc) is 3.18. The third-order valence-corrected chi connectivity index (χ3v) is 4.79. The lowest BCUT2D eigenvalue weighted by molar-refractivity contribution is -0.140. The Kier molecular flexibility index (Phi) is 6.05. The van der Waals surface area contributed by atoms with Gasteiger partial charge in [0.25, 0.3) is 5.91 Å². The lowest BCUT2D eigenvalue weighted by Crippen LogP contribution is -2.42. The van der Waals surface area contributed by atoms with Gasteiger partial charge in [0.05, 0.1) is 12.4 Å². The molecule has 1 fully saturated rings. The Morgan fingerprint density at radius 2 is 1.96 bits per heavy atom. The van der Waals surface area contributed by atoms with Gasteiger partial charge in [-0.2, -0.15) is 10.2 Å². The Bertz CT molecular complexity index is 725. The third-order valence-electron chi connectivity index (χ3n) is 4.79. The van der Waals surface area contributed by atoms with E-state index in [1.54, 1.807) is 15.8 Å². The zero-order valence-electron chi connectivity index (χ0n) is 15.6. The van der Waals surface area contributed by atoms with Crippen LogP contribution in [0, 0.1) is 0 Å². The standard InChI is InChI=1S/C18H28N6O2/c1-3-24-14-16(11-20-24)13-22-5-4-6-23(8-7-22)18(26)17(25)9-15-10-19-21(2)12-15/h10-12,14,17,25H,3-9,13H2,1-2H3. The van der Waals surface area contributed by atoms with Crippen molar-refractivity contribution in [1.82, 2.24) is 29.4 Å². The highest BCUT2D eigenvalue weighted by Crippen LogP contribution is 2.11. The number of carbonyl (C=O) groups is 1. The summed E-state index contributed by atoms with van der Waals surface area (Å²) in [5.41, 5.74) is 2.07. The van der Waals surface area contributed by atoms with Crippen molar-refractivity contribution in [3.05, 3.63) is 35.9 Å². The molecule has 0 aliphatic carbocycles. The molecule has 0 bridgehead atoms. The molecular formula is C18H28N6O2. The average molecular weight is 360 g/mol. The molecule has 1 amide bonds. The van der Waals surface area contributed by atoms with E-state index in [2.05, 4.69) is 28.2 Å². The summed E-state index contributed by atoms with van der Waals surface area (Å²) in [6.45, 7) is 6.88. The molecule has 3 rings (SSSR count). The normalized spacial score (nSPS) is 17.3. The quantitative estimate of drug-likeness (QED) is 0.800. The topological polar surface area (TPSA) is 79.4 Å². The van der Waals surface area contributed by atoms with Gasteiger partial charge in [0.2, 0.25) is 0 Å². The van der Waals surface area contributed by atoms with Gasteiger partial charge in [0, 0.05) is 70.7 Å². The maximum absolute atomic E-state index is 12.6. The molecule has 0 saturated carbocycles. The fraction of sp³-hybridized carbons (Fsp3) is 0.611. The number of amides is 1.